The summed E-state index contributed by atoms with van der Waals surface area (Å²) in [4.78, 5) is 13.1. The Morgan fingerprint density at radius 1 is 1.78 bits per heavy atom. The Bertz CT molecular complexity index is 122. The molecular weight excluding hydrogens is 142 g/mol. The molecule has 0 aromatic rings. The Morgan fingerprint density at radius 3 is 2.67 bits per heavy atom. The number of rotatable bonds is 3. The fourth-order valence-corrected chi connectivity index (χ4v) is 0.205. The number of carboxylic acids is 1. The average Bonchev–Trinajstić information content (AvgIpc) is 1.66. The highest BCUT2D eigenvalue weighted by atomic mass is 35.5. The largest absolute Gasteiger partial charge is 0.477 e. The second-order valence-electron chi connectivity index (χ2n) is 1.12. The van der Waals surface area contributed by atoms with Gasteiger partial charge in [0.25, 0.3) is 0 Å². The summed E-state index contributed by atoms with van der Waals surface area (Å²) in [6.45, 7) is 3.72. The summed E-state index contributed by atoms with van der Waals surface area (Å²) in [7, 11) is 0. The van der Waals surface area contributed by atoms with Crippen LogP contribution in [-0.4, -0.2) is 23.8 Å². The van der Waals surface area contributed by atoms with Crippen LogP contribution in [0.4, 0.5) is 0 Å². The molecule has 4 heteroatoms. The molecule has 0 aliphatic heterocycles. The first-order chi connectivity index (χ1) is 3.77. The molecule has 0 heterocycles. The highest BCUT2D eigenvalue weighted by molar-refractivity contribution is 6.21. The SMILES string of the molecule is C=CCN=CC(=O)O.Cl. The lowest BCUT2D eigenvalue weighted by Gasteiger charge is -1.76. The highest BCUT2D eigenvalue weighted by Gasteiger charge is 1.81. The maximum Gasteiger partial charge on any atom is 0.346 e. The molecule has 0 saturated carbocycles. The van der Waals surface area contributed by atoms with Crippen LogP contribution in [0.3, 0.4) is 0 Å². The van der Waals surface area contributed by atoms with Crippen molar-refractivity contribution < 1.29 is 9.90 Å². The summed E-state index contributed by atoms with van der Waals surface area (Å²) >= 11 is 0. The maximum absolute atomic E-state index is 9.69. The third kappa shape index (κ3) is 11.0. The highest BCUT2D eigenvalue weighted by Crippen LogP contribution is 1.66. The monoisotopic (exact) mass is 149 g/mol. The zero-order chi connectivity index (χ0) is 6.41. The molecule has 0 aliphatic rings. The second kappa shape index (κ2) is 7.17. The Labute approximate surface area is 59.5 Å². The average molecular weight is 150 g/mol. The minimum absolute atomic E-state index is 0. The molecule has 3 nitrogen and oxygen atoms in total. The lowest BCUT2D eigenvalue weighted by Crippen LogP contribution is -1.94. The van der Waals surface area contributed by atoms with Crippen molar-refractivity contribution in [1.82, 2.24) is 0 Å². The molecule has 0 aromatic heterocycles. The minimum Gasteiger partial charge on any atom is -0.477 e. The van der Waals surface area contributed by atoms with Crippen LogP contribution in [0, 0.1) is 0 Å². The first-order valence-electron chi connectivity index (χ1n) is 2.11. The van der Waals surface area contributed by atoms with E-state index in [-0.39, 0.29) is 12.4 Å². The van der Waals surface area contributed by atoms with Gasteiger partial charge in [-0.05, 0) is 0 Å². The molecule has 0 fully saturated rings. The van der Waals surface area contributed by atoms with Crippen molar-refractivity contribution >= 4 is 24.6 Å². The number of hydrogen-bond donors (Lipinski definition) is 1. The Kier molecular flexibility index (Phi) is 8.79. The lowest BCUT2D eigenvalue weighted by molar-refractivity contribution is -0.128. The first kappa shape index (κ1) is 11.0. The van der Waals surface area contributed by atoms with E-state index in [9.17, 15) is 4.79 Å². The predicted octanol–water partition coefficient (Wildman–Crippen LogP) is 0.750. The van der Waals surface area contributed by atoms with Crippen molar-refractivity contribution in [3.63, 3.8) is 0 Å². The molecule has 0 spiro atoms. The number of carboxylic acid groups (broad SMARTS) is 1. The molecule has 0 atom stereocenters. The zero-order valence-electron chi connectivity index (χ0n) is 4.78. The van der Waals surface area contributed by atoms with Gasteiger partial charge in [0, 0.05) is 0 Å². The van der Waals surface area contributed by atoms with E-state index in [1.807, 2.05) is 0 Å². The molecule has 52 valence electrons. The van der Waals surface area contributed by atoms with Crippen LogP contribution in [0.2, 0.25) is 0 Å². The van der Waals surface area contributed by atoms with Gasteiger partial charge in [0.1, 0.15) is 6.21 Å². The van der Waals surface area contributed by atoms with Gasteiger partial charge >= 0.3 is 5.97 Å². The normalized spacial score (nSPS) is 8.44. The quantitative estimate of drug-likeness (QED) is 0.476. The zero-order valence-corrected chi connectivity index (χ0v) is 5.60. The fraction of sp³-hybridized carbons (Fsp3) is 0.200. The molecule has 0 amide bonds. The number of aliphatic carboxylic acids is 1. The molecule has 0 aliphatic carbocycles. The molecular formula is C5H8ClNO2. The maximum atomic E-state index is 9.69. The van der Waals surface area contributed by atoms with Gasteiger partial charge in [0.15, 0.2) is 0 Å². The summed E-state index contributed by atoms with van der Waals surface area (Å²) < 4.78 is 0. The molecule has 0 aromatic carbocycles. The van der Waals surface area contributed by atoms with Gasteiger partial charge in [-0.2, -0.15) is 0 Å². The summed E-state index contributed by atoms with van der Waals surface area (Å²) in [5, 5.41) is 7.96. The number of halogens is 1. The fourth-order valence-electron chi connectivity index (χ4n) is 0.205. The molecule has 9 heavy (non-hydrogen) atoms. The first-order valence-corrected chi connectivity index (χ1v) is 2.11. The molecule has 1 N–H and O–H groups in total. The topological polar surface area (TPSA) is 49.7 Å². The van der Waals surface area contributed by atoms with Gasteiger partial charge in [-0.3, -0.25) is 4.99 Å². The minimum atomic E-state index is -1.02. The molecule has 0 radical (unpaired) electrons. The molecule has 0 rings (SSSR count). The lowest BCUT2D eigenvalue weighted by atomic mass is 10.6. The van der Waals surface area contributed by atoms with Crippen molar-refractivity contribution in [3.05, 3.63) is 12.7 Å². The summed E-state index contributed by atoms with van der Waals surface area (Å²) in [6.07, 6.45) is 2.38. The van der Waals surface area contributed by atoms with E-state index in [2.05, 4.69) is 11.6 Å². The van der Waals surface area contributed by atoms with Crippen LogP contribution >= 0.6 is 12.4 Å². The van der Waals surface area contributed by atoms with E-state index in [0.29, 0.717) is 6.54 Å². The van der Waals surface area contributed by atoms with E-state index >= 15 is 0 Å². The third-order valence-corrected chi connectivity index (χ3v) is 0.436. The van der Waals surface area contributed by atoms with Crippen LogP contribution in [0.5, 0.6) is 0 Å². The van der Waals surface area contributed by atoms with Crippen LogP contribution in [-0.2, 0) is 4.79 Å². The number of aliphatic imine (C=N–C) groups is 1. The Balaban J connectivity index is 0. The summed E-state index contributed by atoms with van der Waals surface area (Å²) in [5.74, 6) is -1.02. The molecule has 0 unspecified atom stereocenters. The predicted molar refractivity (Wildman–Crippen MR) is 38.4 cm³/mol. The van der Waals surface area contributed by atoms with Gasteiger partial charge in [0.2, 0.25) is 0 Å². The van der Waals surface area contributed by atoms with Crippen molar-refractivity contribution in [3.8, 4) is 0 Å². The molecule has 0 bridgehead atoms. The second-order valence-corrected chi connectivity index (χ2v) is 1.12. The smallest absolute Gasteiger partial charge is 0.346 e. The van der Waals surface area contributed by atoms with Crippen LogP contribution in [0.15, 0.2) is 17.6 Å². The van der Waals surface area contributed by atoms with Gasteiger partial charge < -0.3 is 5.11 Å². The third-order valence-electron chi connectivity index (χ3n) is 0.436. The number of hydrogen-bond acceptors (Lipinski definition) is 2. The Morgan fingerprint density at radius 2 is 2.33 bits per heavy atom. The van der Waals surface area contributed by atoms with Crippen molar-refractivity contribution in [2.45, 2.75) is 0 Å². The summed E-state index contributed by atoms with van der Waals surface area (Å²) in [6, 6.07) is 0. The van der Waals surface area contributed by atoms with Crippen molar-refractivity contribution in [2.24, 2.45) is 4.99 Å². The van der Waals surface area contributed by atoms with Gasteiger partial charge in [-0.15, -0.1) is 19.0 Å². The van der Waals surface area contributed by atoms with Crippen molar-refractivity contribution in [1.29, 1.82) is 0 Å². The standard InChI is InChI=1S/C5H7NO2.ClH/c1-2-3-6-4-5(7)8;/h2,4H,1,3H2,(H,7,8);1H. The van der Waals surface area contributed by atoms with Crippen molar-refractivity contribution in [2.75, 3.05) is 6.54 Å². The van der Waals surface area contributed by atoms with E-state index in [4.69, 9.17) is 5.11 Å². The van der Waals surface area contributed by atoms with Crippen LogP contribution in [0.1, 0.15) is 0 Å². The van der Waals surface area contributed by atoms with E-state index in [1.165, 1.54) is 6.08 Å². The van der Waals surface area contributed by atoms with Gasteiger partial charge in [-0.25, -0.2) is 4.79 Å². The Hall–Kier alpha value is -0.830. The molecule has 0 saturated heterocycles. The van der Waals surface area contributed by atoms with Crippen LogP contribution < -0.4 is 0 Å². The number of carbonyl (C=O) groups is 1. The number of nitrogens with zero attached hydrogens (tertiary/aromatic N) is 1. The van der Waals surface area contributed by atoms with E-state index in [1.54, 1.807) is 0 Å². The van der Waals surface area contributed by atoms with Gasteiger partial charge in [-0.1, -0.05) is 6.08 Å². The summed E-state index contributed by atoms with van der Waals surface area (Å²) in [5.41, 5.74) is 0. The van der Waals surface area contributed by atoms with Crippen LogP contribution in [0.25, 0.3) is 0 Å². The van der Waals surface area contributed by atoms with E-state index in [0.717, 1.165) is 6.21 Å². The van der Waals surface area contributed by atoms with E-state index < -0.39 is 5.97 Å². The van der Waals surface area contributed by atoms with Gasteiger partial charge in [0.05, 0.1) is 6.54 Å².